The van der Waals surface area contributed by atoms with E-state index in [1.54, 1.807) is 0 Å². The van der Waals surface area contributed by atoms with Crippen molar-refractivity contribution in [2.75, 3.05) is 19.8 Å². The van der Waals surface area contributed by atoms with Crippen molar-refractivity contribution in [3.8, 4) is 0 Å². The molecule has 1 aliphatic heterocycles. The van der Waals surface area contributed by atoms with Crippen molar-refractivity contribution >= 4 is 0 Å². The molecule has 0 aromatic carbocycles. The van der Waals surface area contributed by atoms with Gasteiger partial charge < -0.3 is 10.1 Å². The van der Waals surface area contributed by atoms with Gasteiger partial charge in [-0.2, -0.15) is 0 Å². The summed E-state index contributed by atoms with van der Waals surface area (Å²) in [6.45, 7) is 5.32. The van der Waals surface area contributed by atoms with E-state index in [1.807, 2.05) is 0 Å². The number of rotatable bonds is 4. The predicted molar refractivity (Wildman–Crippen MR) is 63.0 cm³/mol. The molecule has 1 atom stereocenters. The minimum absolute atomic E-state index is 0.272. The summed E-state index contributed by atoms with van der Waals surface area (Å²) in [6, 6.07) is 0. The first-order chi connectivity index (χ1) is 7.29. The fraction of sp³-hybridized carbons (Fsp3) is 1.00. The van der Waals surface area contributed by atoms with E-state index in [0.29, 0.717) is 0 Å². The van der Waals surface area contributed by atoms with Crippen LogP contribution in [0.3, 0.4) is 0 Å². The second-order valence-corrected chi connectivity index (χ2v) is 5.58. The Kier molecular flexibility index (Phi) is 4.04. The minimum atomic E-state index is 0.272. The lowest BCUT2D eigenvalue weighted by Crippen LogP contribution is -2.43. The van der Waals surface area contributed by atoms with E-state index >= 15 is 0 Å². The van der Waals surface area contributed by atoms with Gasteiger partial charge in [0.05, 0.1) is 6.61 Å². The van der Waals surface area contributed by atoms with Gasteiger partial charge in [-0.15, -0.1) is 0 Å². The zero-order valence-corrected chi connectivity index (χ0v) is 10.1. The highest BCUT2D eigenvalue weighted by atomic mass is 16.5. The first kappa shape index (κ1) is 11.4. The average Bonchev–Trinajstić information content (AvgIpc) is 2.67. The van der Waals surface area contributed by atoms with E-state index in [4.69, 9.17) is 4.74 Å². The monoisotopic (exact) mass is 211 g/mol. The molecule has 0 bridgehead atoms. The Morgan fingerprint density at radius 2 is 2.07 bits per heavy atom. The molecule has 2 fully saturated rings. The summed E-state index contributed by atoms with van der Waals surface area (Å²) in [5, 5.41) is 3.68. The van der Waals surface area contributed by atoms with Crippen LogP contribution in [-0.2, 0) is 4.74 Å². The van der Waals surface area contributed by atoms with Crippen LogP contribution in [0.1, 0.15) is 51.9 Å². The highest BCUT2D eigenvalue weighted by molar-refractivity contribution is 4.86. The van der Waals surface area contributed by atoms with Gasteiger partial charge in [-0.05, 0) is 32.2 Å². The van der Waals surface area contributed by atoms with Gasteiger partial charge in [-0.25, -0.2) is 0 Å². The van der Waals surface area contributed by atoms with Gasteiger partial charge >= 0.3 is 0 Å². The lowest BCUT2D eigenvalue weighted by atomic mass is 9.87. The number of ether oxygens (including phenoxy) is 1. The molecule has 15 heavy (non-hydrogen) atoms. The van der Waals surface area contributed by atoms with E-state index in [-0.39, 0.29) is 5.54 Å². The summed E-state index contributed by atoms with van der Waals surface area (Å²) in [6.07, 6.45) is 9.88. The highest BCUT2D eigenvalue weighted by Crippen LogP contribution is 2.26. The Balaban J connectivity index is 1.61. The van der Waals surface area contributed by atoms with Crippen molar-refractivity contribution in [2.24, 2.45) is 5.92 Å². The topological polar surface area (TPSA) is 21.3 Å². The molecule has 1 N–H and O–H groups in total. The molecule has 1 unspecified atom stereocenters. The molecule has 2 heteroatoms. The Hall–Kier alpha value is -0.0800. The maximum Gasteiger partial charge on any atom is 0.0646 e. The van der Waals surface area contributed by atoms with Gasteiger partial charge in [-0.3, -0.25) is 0 Å². The molecular weight excluding hydrogens is 186 g/mol. The fourth-order valence-corrected chi connectivity index (χ4v) is 2.86. The van der Waals surface area contributed by atoms with Crippen LogP contribution in [0, 0.1) is 5.92 Å². The van der Waals surface area contributed by atoms with Crippen LogP contribution in [0.2, 0.25) is 0 Å². The molecular formula is C13H25NO. The molecule has 1 aliphatic carbocycles. The lowest BCUT2D eigenvalue weighted by molar-refractivity contribution is 0.170. The van der Waals surface area contributed by atoms with Crippen molar-refractivity contribution in [1.82, 2.24) is 5.32 Å². The Morgan fingerprint density at radius 1 is 1.27 bits per heavy atom. The average molecular weight is 211 g/mol. The standard InChI is InChI=1S/C13H25NO/c1-13(8-10-15-11-13)14-9-7-12-5-3-2-4-6-12/h12,14H,2-11H2,1H3. The van der Waals surface area contributed by atoms with Gasteiger partial charge in [0, 0.05) is 12.1 Å². The van der Waals surface area contributed by atoms with Crippen LogP contribution >= 0.6 is 0 Å². The predicted octanol–water partition coefficient (Wildman–Crippen LogP) is 2.73. The van der Waals surface area contributed by atoms with Crippen LogP contribution in [0.25, 0.3) is 0 Å². The quantitative estimate of drug-likeness (QED) is 0.772. The normalized spacial score (nSPS) is 33.4. The summed E-state index contributed by atoms with van der Waals surface area (Å²) >= 11 is 0. The zero-order valence-electron chi connectivity index (χ0n) is 10.1. The summed E-state index contributed by atoms with van der Waals surface area (Å²) in [7, 11) is 0. The van der Waals surface area contributed by atoms with Crippen molar-refractivity contribution in [2.45, 2.75) is 57.4 Å². The Labute approximate surface area is 93.8 Å². The second kappa shape index (κ2) is 5.31. The van der Waals surface area contributed by atoms with Crippen LogP contribution in [0.5, 0.6) is 0 Å². The van der Waals surface area contributed by atoms with Crippen LogP contribution in [-0.4, -0.2) is 25.3 Å². The summed E-state index contributed by atoms with van der Waals surface area (Å²) in [5.41, 5.74) is 0.272. The van der Waals surface area contributed by atoms with Gasteiger partial charge in [0.25, 0.3) is 0 Å². The first-order valence-electron chi connectivity index (χ1n) is 6.61. The SMILES string of the molecule is CC1(NCCC2CCCCC2)CCOC1. The largest absolute Gasteiger partial charge is 0.379 e. The molecule has 1 saturated carbocycles. The molecule has 0 amide bonds. The maximum atomic E-state index is 5.44. The molecule has 0 spiro atoms. The zero-order chi connectivity index (χ0) is 10.6. The van der Waals surface area contributed by atoms with Crippen molar-refractivity contribution < 1.29 is 4.74 Å². The van der Waals surface area contributed by atoms with E-state index in [2.05, 4.69) is 12.2 Å². The molecule has 0 aromatic rings. The molecule has 0 radical (unpaired) electrons. The first-order valence-corrected chi connectivity index (χ1v) is 6.61. The van der Waals surface area contributed by atoms with Crippen LogP contribution in [0.4, 0.5) is 0 Å². The smallest absolute Gasteiger partial charge is 0.0646 e. The van der Waals surface area contributed by atoms with Gasteiger partial charge in [0.1, 0.15) is 0 Å². The van der Waals surface area contributed by atoms with E-state index in [9.17, 15) is 0 Å². The second-order valence-electron chi connectivity index (χ2n) is 5.58. The third-order valence-electron chi connectivity index (χ3n) is 4.05. The van der Waals surface area contributed by atoms with Crippen LogP contribution in [0.15, 0.2) is 0 Å². The number of nitrogens with one attached hydrogen (secondary N) is 1. The van der Waals surface area contributed by atoms with Crippen molar-refractivity contribution in [3.63, 3.8) is 0 Å². The molecule has 0 aromatic heterocycles. The van der Waals surface area contributed by atoms with Gasteiger partial charge in [-0.1, -0.05) is 32.1 Å². The molecule has 2 nitrogen and oxygen atoms in total. The van der Waals surface area contributed by atoms with Crippen molar-refractivity contribution in [3.05, 3.63) is 0 Å². The van der Waals surface area contributed by atoms with Gasteiger partial charge in [0.15, 0.2) is 0 Å². The molecule has 2 rings (SSSR count). The fourth-order valence-electron chi connectivity index (χ4n) is 2.86. The van der Waals surface area contributed by atoms with Gasteiger partial charge in [0.2, 0.25) is 0 Å². The summed E-state index contributed by atoms with van der Waals surface area (Å²) in [5.74, 6) is 0.997. The third kappa shape index (κ3) is 3.46. The molecule has 1 heterocycles. The number of hydrogen-bond acceptors (Lipinski definition) is 2. The lowest BCUT2D eigenvalue weighted by Gasteiger charge is -2.26. The Morgan fingerprint density at radius 3 is 2.73 bits per heavy atom. The summed E-state index contributed by atoms with van der Waals surface area (Å²) in [4.78, 5) is 0. The molecule has 88 valence electrons. The third-order valence-corrected chi connectivity index (χ3v) is 4.05. The van der Waals surface area contributed by atoms with Crippen LogP contribution < -0.4 is 5.32 Å². The minimum Gasteiger partial charge on any atom is -0.379 e. The summed E-state index contributed by atoms with van der Waals surface area (Å²) < 4.78 is 5.44. The Bertz CT molecular complexity index is 181. The van der Waals surface area contributed by atoms with E-state index < -0.39 is 0 Å². The molecule has 1 saturated heterocycles. The maximum absolute atomic E-state index is 5.44. The van der Waals surface area contributed by atoms with E-state index in [1.165, 1.54) is 51.5 Å². The highest BCUT2D eigenvalue weighted by Gasteiger charge is 2.28. The molecule has 2 aliphatic rings. The van der Waals surface area contributed by atoms with E-state index in [0.717, 1.165) is 19.1 Å². The van der Waals surface area contributed by atoms with Crippen molar-refractivity contribution in [1.29, 1.82) is 0 Å². The number of hydrogen-bond donors (Lipinski definition) is 1.